The Bertz CT molecular complexity index is 356. The summed E-state index contributed by atoms with van der Waals surface area (Å²) in [5.41, 5.74) is 0. The summed E-state index contributed by atoms with van der Waals surface area (Å²) >= 11 is 1.58. The zero-order valence-electron chi connectivity index (χ0n) is 8.36. The molecule has 3 nitrogen and oxygen atoms in total. The molecule has 0 aromatic carbocycles. The van der Waals surface area contributed by atoms with Gasteiger partial charge in [-0.1, -0.05) is 13.0 Å². The van der Waals surface area contributed by atoms with Crippen molar-refractivity contribution >= 4 is 21.4 Å². The highest BCUT2D eigenvalue weighted by Crippen LogP contribution is 2.22. The minimum absolute atomic E-state index is 0.0695. The monoisotopic (exact) mass is 233 g/mol. The Balaban J connectivity index is 2.75. The second-order valence-electron chi connectivity index (χ2n) is 3.00. The molecule has 0 saturated carbocycles. The van der Waals surface area contributed by atoms with Gasteiger partial charge in [-0.15, -0.1) is 11.3 Å². The van der Waals surface area contributed by atoms with Crippen LogP contribution in [0.2, 0.25) is 0 Å². The maximum atomic E-state index is 11.4. The predicted octanol–water partition coefficient (Wildman–Crippen LogP) is 2.14. The summed E-state index contributed by atoms with van der Waals surface area (Å²) in [6.45, 7) is 3.62. The molecule has 0 spiro atoms. The summed E-state index contributed by atoms with van der Waals surface area (Å²) in [5.74, 6) is 0.134. The van der Waals surface area contributed by atoms with Crippen molar-refractivity contribution in [3.05, 3.63) is 22.4 Å². The molecule has 0 aliphatic carbocycles. The first kappa shape index (κ1) is 11.7. The summed E-state index contributed by atoms with van der Waals surface area (Å²) in [6, 6.07) is 3.82. The van der Waals surface area contributed by atoms with Gasteiger partial charge >= 0.3 is 0 Å². The number of thiophene rings is 1. The molecule has 14 heavy (non-hydrogen) atoms. The summed E-state index contributed by atoms with van der Waals surface area (Å²) in [5, 5.41) is 1.96. The van der Waals surface area contributed by atoms with Gasteiger partial charge in [-0.05, 0) is 24.8 Å². The Morgan fingerprint density at radius 2 is 2.21 bits per heavy atom. The van der Waals surface area contributed by atoms with E-state index >= 15 is 0 Å². The van der Waals surface area contributed by atoms with Gasteiger partial charge in [-0.2, -0.15) is 0 Å². The molecular formula is C9H15NO2S2. The maximum absolute atomic E-state index is 11.4. The lowest BCUT2D eigenvalue weighted by molar-refractivity contribution is 0.554. The molecule has 0 aliphatic rings. The lowest BCUT2D eigenvalue weighted by Gasteiger charge is -2.14. The fraction of sp³-hybridized carbons (Fsp3) is 0.556. The van der Waals surface area contributed by atoms with Crippen LogP contribution in [-0.2, 0) is 10.0 Å². The van der Waals surface area contributed by atoms with Crippen LogP contribution in [-0.4, -0.2) is 14.2 Å². The second kappa shape index (κ2) is 4.91. The van der Waals surface area contributed by atoms with Crippen LogP contribution < -0.4 is 4.72 Å². The van der Waals surface area contributed by atoms with E-state index in [1.165, 1.54) is 0 Å². The van der Waals surface area contributed by atoms with Crippen LogP contribution in [0.15, 0.2) is 17.5 Å². The third kappa shape index (κ3) is 3.08. The Kier molecular flexibility index (Phi) is 4.10. The number of sulfonamides is 1. The van der Waals surface area contributed by atoms with Crippen LogP contribution in [0.3, 0.4) is 0 Å². The van der Waals surface area contributed by atoms with Crippen molar-refractivity contribution in [2.75, 3.05) is 5.75 Å². The van der Waals surface area contributed by atoms with Crippen LogP contribution in [0.25, 0.3) is 0 Å². The van der Waals surface area contributed by atoms with Crippen molar-refractivity contribution < 1.29 is 8.42 Å². The van der Waals surface area contributed by atoms with Crippen molar-refractivity contribution in [3.63, 3.8) is 0 Å². The van der Waals surface area contributed by atoms with Crippen molar-refractivity contribution in [1.29, 1.82) is 0 Å². The molecule has 1 atom stereocenters. The topological polar surface area (TPSA) is 46.2 Å². The molecule has 0 bridgehead atoms. The highest BCUT2D eigenvalue weighted by Gasteiger charge is 2.16. The summed E-state index contributed by atoms with van der Waals surface area (Å²) < 4.78 is 25.4. The molecule has 1 aromatic heterocycles. The van der Waals surface area contributed by atoms with Gasteiger partial charge in [0.25, 0.3) is 0 Å². The smallest absolute Gasteiger partial charge is 0.211 e. The van der Waals surface area contributed by atoms with Gasteiger partial charge in [0.15, 0.2) is 0 Å². The molecule has 5 heteroatoms. The molecular weight excluding hydrogens is 218 g/mol. The highest BCUT2D eigenvalue weighted by atomic mass is 32.2. The number of nitrogens with one attached hydrogen (secondary N) is 1. The zero-order valence-corrected chi connectivity index (χ0v) is 9.99. The largest absolute Gasteiger partial charge is 0.212 e. The first-order valence-electron chi connectivity index (χ1n) is 4.62. The van der Waals surface area contributed by atoms with Crippen LogP contribution in [0.4, 0.5) is 0 Å². The van der Waals surface area contributed by atoms with Crippen molar-refractivity contribution in [2.45, 2.75) is 26.3 Å². The van der Waals surface area contributed by atoms with E-state index in [-0.39, 0.29) is 11.8 Å². The molecule has 1 aromatic rings. The standard InChI is InChI=1S/C9H15NO2S2/c1-3-8(9-6-5-7-13-9)10-14(11,12)4-2/h5-8,10H,3-4H2,1-2H3. The van der Waals surface area contributed by atoms with E-state index in [0.29, 0.717) is 0 Å². The highest BCUT2D eigenvalue weighted by molar-refractivity contribution is 7.89. The molecule has 0 saturated heterocycles. The van der Waals surface area contributed by atoms with Gasteiger partial charge in [0.05, 0.1) is 11.8 Å². The van der Waals surface area contributed by atoms with E-state index in [0.717, 1.165) is 11.3 Å². The average Bonchev–Trinajstić information content (AvgIpc) is 2.67. The van der Waals surface area contributed by atoms with Crippen LogP contribution in [0.1, 0.15) is 31.2 Å². The minimum atomic E-state index is -3.10. The molecule has 0 radical (unpaired) electrons. The Morgan fingerprint density at radius 3 is 2.64 bits per heavy atom. The lowest BCUT2D eigenvalue weighted by Crippen LogP contribution is -2.29. The molecule has 1 N–H and O–H groups in total. The molecule has 1 unspecified atom stereocenters. The molecule has 0 fully saturated rings. The molecule has 1 rings (SSSR count). The van der Waals surface area contributed by atoms with Crippen molar-refractivity contribution in [2.24, 2.45) is 0 Å². The summed E-state index contributed by atoms with van der Waals surface area (Å²) in [4.78, 5) is 1.07. The summed E-state index contributed by atoms with van der Waals surface area (Å²) in [6.07, 6.45) is 0.778. The van der Waals surface area contributed by atoms with Gasteiger partial charge < -0.3 is 0 Å². The lowest BCUT2D eigenvalue weighted by atomic mass is 10.2. The average molecular weight is 233 g/mol. The third-order valence-electron chi connectivity index (χ3n) is 2.00. The first-order valence-corrected chi connectivity index (χ1v) is 7.15. The Labute approximate surface area is 89.2 Å². The first-order chi connectivity index (χ1) is 6.59. The number of hydrogen-bond acceptors (Lipinski definition) is 3. The van der Waals surface area contributed by atoms with E-state index < -0.39 is 10.0 Å². The zero-order chi connectivity index (χ0) is 10.6. The molecule has 1 heterocycles. The molecule has 0 aliphatic heterocycles. The van der Waals surface area contributed by atoms with Crippen molar-refractivity contribution in [3.8, 4) is 0 Å². The van der Waals surface area contributed by atoms with E-state index in [1.54, 1.807) is 18.3 Å². The van der Waals surface area contributed by atoms with E-state index in [1.807, 2.05) is 24.4 Å². The Hall–Kier alpha value is -0.390. The fourth-order valence-electron chi connectivity index (χ4n) is 1.13. The third-order valence-corrected chi connectivity index (χ3v) is 4.39. The van der Waals surface area contributed by atoms with Crippen LogP contribution >= 0.6 is 11.3 Å². The maximum Gasteiger partial charge on any atom is 0.211 e. The van der Waals surface area contributed by atoms with E-state index in [4.69, 9.17) is 0 Å². The van der Waals surface area contributed by atoms with Gasteiger partial charge in [0, 0.05) is 4.88 Å². The number of rotatable bonds is 5. The SMILES string of the molecule is CCC(NS(=O)(=O)CC)c1cccs1. The predicted molar refractivity (Wildman–Crippen MR) is 59.9 cm³/mol. The van der Waals surface area contributed by atoms with Gasteiger partial charge in [-0.3, -0.25) is 0 Å². The summed E-state index contributed by atoms with van der Waals surface area (Å²) in [7, 11) is -3.10. The fourth-order valence-corrected chi connectivity index (χ4v) is 2.96. The van der Waals surface area contributed by atoms with E-state index in [2.05, 4.69) is 4.72 Å². The minimum Gasteiger partial charge on any atom is -0.212 e. The van der Waals surface area contributed by atoms with Gasteiger partial charge in [0.2, 0.25) is 10.0 Å². The normalized spacial score (nSPS) is 14.1. The molecule has 80 valence electrons. The van der Waals surface area contributed by atoms with Crippen LogP contribution in [0, 0.1) is 0 Å². The van der Waals surface area contributed by atoms with E-state index in [9.17, 15) is 8.42 Å². The van der Waals surface area contributed by atoms with Crippen LogP contribution in [0.5, 0.6) is 0 Å². The van der Waals surface area contributed by atoms with Crippen molar-refractivity contribution in [1.82, 2.24) is 4.72 Å². The molecule has 0 amide bonds. The quantitative estimate of drug-likeness (QED) is 0.847. The number of hydrogen-bond donors (Lipinski definition) is 1. The van der Waals surface area contributed by atoms with Gasteiger partial charge in [-0.25, -0.2) is 13.1 Å². The second-order valence-corrected chi connectivity index (χ2v) is 6.02. The Morgan fingerprint density at radius 1 is 1.50 bits per heavy atom. The van der Waals surface area contributed by atoms with Gasteiger partial charge in [0.1, 0.15) is 0 Å².